The van der Waals surface area contributed by atoms with E-state index in [-0.39, 0.29) is 31.5 Å². The summed E-state index contributed by atoms with van der Waals surface area (Å²) in [7, 11) is 1.29. The van der Waals surface area contributed by atoms with Crippen LogP contribution < -0.4 is 0 Å². The summed E-state index contributed by atoms with van der Waals surface area (Å²) in [5.41, 5.74) is 0. The van der Waals surface area contributed by atoms with Crippen molar-refractivity contribution in [2.75, 3.05) is 20.3 Å². The van der Waals surface area contributed by atoms with E-state index in [9.17, 15) is 14.4 Å². The Morgan fingerprint density at radius 2 is 1.75 bits per heavy atom. The number of methoxy groups -OCH3 is 1. The number of ether oxygens (including phenoxy) is 2. The van der Waals surface area contributed by atoms with Crippen molar-refractivity contribution >= 4 is 17.8 Å². The van der Waals surface area contributed by atoms with Crippen LogP contribution in [0, 0.1) is 0 Å². The lowest BCUT2D eigenvalue weighted by Crippen LogP contribution is -2.45. The maximum atomic E-state index is 12.2. The van der Waals surface area contributed by atoms with Crippen LogP contribution in [0.4, 0.5) is 0 Å². The number of amides is 1. The molecular weight excluding hydrogens is 262 g/mol. The fraction of sp³-hybridized carbons (Fsp3) is 0.786. The zero-order valence-corrected chi connectivity index (χ0v) is 12.2. The molecule has 0 unspecified atom stereocenters. The van der Waals surface area contributed by atoms with Crippen molar-refractivity contribution in [1.82, 2.24) is 4.90 Å². The molecule has 0 aliphatic heterocycles. The minimum Gasteiger partial charge on any atom is -0.468 e. The summed E-state index contributed by atoms with van der Waals surface area (Å²) in [6.45, 7) is 1.83. The highest BCUT2D eigenvalue weighted by atomic mass is 16.5. The lowest BCUT2D eigenvalue weighted by atomic mass is 9.94. The van der Waals surface area contributed by atoms with E-state index in [1.807, 2.05) is 0 Å². The van der Waals surface area contributed by atoms with Gasteiger partial charge in [-0.2, -0.15) is 0 Å². The van der Waals surface area contributed by atoms with Gasteiger partial charge in [0.25, 0.3) is 0 Å². The maximum absolute atomic E-state index is 12.2. The molecule has 0 bridgehead atoms. The third-order valence-corrected chi connectivity index (χ3v) is 3.46. The average Bonchev–Trinajstić information content (AvgIpc) is 2.45. The number of nitrogens with zero attached hydrogens (tertiary/aromatic N) is 1. The molecule has 1 amide bonds. The molecule has 0 aromatic heterocycles. The number of hydrogen-bond donors (Lipinski definition) is 0. The molecule has 1 rings (SSSR count). The molecule has 6 nitrogen and oxygen atoms in total. The number of rotatable bonds is 6. The molecule has 1 fully saturated rings. The highest BCUT2D eigenvalue weighted by molar-refractivity contribution is 5.95. The van der Waals surface area contributed by atoms with E-state index in [1.165, 1.54) is 12.0 Å². The van der Waals surface area contributed by atoms with Crippen molar-refractivity contribution < 1.29 is 23.9 Å². The molecule has 6 heteroatoms. The highest BCUT2D eigenvalue weighted by Gasteiger charge is 2.28. The Balaban J connectivity index is 2.66. The van der Waals surface area contributed by atoms with Crippen LogP contribution in [0.25, 0.3) is 0 Å². The van der Waals surface area contributed by atoms with Crippen molar-refractivity contribution in [3.8, 4) is 0 Å². The first kappa shape index (κ1) is 16.5. The fourth-order valence-corrected chi connectivity index (χ4v) is 2.45. The molecule has 20 heavy (non-hydrogen) atoms. The standard InChI is InChI=1S/C14H23NO5/c1-3-20-13(17)9-12(16)15(10-14(18)19-2)11-7-5-4-6-8-11/h11H,3-10H2,1-2H3. The predicted molar refractivity (Wildman–Crippen MR) is 71.9 cm³/mol. The summed E-state index contributed by atoms with van der Waals surface area (Å²) >= 11 is 0. The van der Waals surface area contributed by atoms with Gasteiger partial charge in [0, 0.05) is 6.04 Å². The zero-order valence-electron chi connectivity index (χ0n) is 12.2. The summed E-state index contributed by atoms with van der Waals surface area (Å²) in [4.78, 5) is 36.5. The topological polar surface area (TPSA) is 72.9 Å². The number of hydrogen-bond acceptors (Lipinski definition) is 5. The van der Waals surface area contributed by atoms with Crippen LogP contribution in [-0.4, -0.2) is 49.0 Å². The number of esters is 2. The van der Waals surface area contributed by atoms with E-state index in [4.69, 9.17) is 4.74 Å². The van der Waals surface area contributed by atoms with Gasteiger partial charge in [-0.1, -0.05) is 19.3 Å². The monoisotopic (exact) mass is 285 g/mol. The zero-order chi connectivity index (χ0) is 15.0. The van der Waals surface area contributed by atoms with E-state index in [0.29, 0.717) is 0 Å². The van der Waals surface area contributed by atoms with E-state index in [0.717, 1.165) is 32.1 Å². The second-order valence-corrected chi connectivity index (χ2v) is 4.87. The Hall–Kier alpha value is -1.59. The van der Waals surface area contributed by atoms with Crippen LogP contribution >= 0.6 is 0 Å². The Labute approximate surface area is 119 Å². The largest absolute Gasteiger partial charge is 0.468 e. The Kier molecular flexibility index (Phi) is 7.04. The SMILES string of the molecule is CCOC(=O)CC(=O)N(CC(=O)OC)C1CCCCC1. The first-order valence-corrected chi connectivity index (χ1v) is 7.10. The van der Waals surface area contributed by atoms with Gasteiger partial charge >= 0.3 is 11.9 Å². The second-order valence-electron chi connectivity index (χ2n) is 4.87. The average molecular weight is 285 g/mol. The van der Waals surface area contributed by atoms with Gasteiger partial charge < -0.3 is 14.4 Å². The minimum absolute atomic E-state index is 0.0183. The first-order valence-electron chi connectivity index (χ1n) is 7.10. The van der Waals surface area contributed by atoms with E-state index >= 15 is 0 Å². The Bertz CT molecular complexity index is 349. The molecule has 0 spiro atoms. The summed E-state index contributed by atoms with van der Waals surface area (Å²) in [6, 6.07) is 0.0183. The van der Waals surface area contributed by atoms with Crippen molar-refractivity contribution in [2.45, 2.75) is 51.5 Å². The molecule has 0 aromatic rings. The smallest absolute Gasteiger partial charge is 0.325 e. The fourth-order valence-electron chi connectivity index (χ4n) is 2.45. The van der Waals surface area contributed by atoms with Gasteiger partial charge in [0.05, 0.1) is 13.7 Å². The molecule has 0 saturated heterocycles. The van der Waals surface area contributed by atoms with Crippen LogP contribution in [0.15, 0.2) is 0 Å². The minimum atomic E-state index is -0.553. The molecule has 1 aliphatic rings. The van der Waals surface area contributed by atoms with Crippen LogP contribution in [-0.2, 0) is 23.9 Å². The number of carbonyl (C=O) groups excluding carboxylic acids is 3. The van der Waals surface area contributed by atoms with Gasteiger partial charge in [0.2, 0.25) is 5.91 Å². The van der Waals surface area contributed by atoms with Gasteiger partial charge in [-0.05, 0) is 19.8 Å². The molecule has 0 atom stereocenters. The van der Waals surface area contributed by atoms with Crippen LogP contribution in [0.3, 0.4) is 0 Å². The summed E-state index contributed by atoms with van der Waals surface area (Å²) in [6.07, 6.45) is 4.64. The molecule has 1 aliphatic carbocycles. The predicted octanol–water partition coefficient (Wildman–Crippen LogP) is 1.27. The van der Waals surface area contributed by atoms with E-state index < -0.39 is 11.9 Å². The van der Waals surface area contributed by atoms with Crippen LogP contribution in [0.2, 0.25) is 0 Å². The van der Waals surface area contributed by atoms with Crippen LogP contribution in [0.5, 0.6) is 0 Å². The van der Waals surface area contributed by atoms with Gasteiger partial charge in [0.15, 0.2) is 0 Å². The van der Waals surface area contributed by atoms with Gasteiger partial charge in [0.1, 0.15) is 13.0 Å². The molecule has 0 heterocycles. The van der Waals surface area contributed by atoms with Gasteiger partial charge in [-0.25, -0.2) is 0 Å². The Morgan fingerprint density at radius 1 is 1.10 bits per heavy atom. The highest BCUT2D eigenvalue weighted by Crippen LogP contribution is 2.23. The van der Waals surface area contributed by atoms with Gasteiger partial charge in [-0.3, -0.25) is 14.4 Å². The molecule has 114 valence electrons. The van der Waals surface area contributed by atoms with Crippen molar-refractivity contribution in [2.24, 2.45) is 0 Å². The summed E-state index contributed by atoms with van der Waals surface area (Å²) < 4.78 is 9.40. The van der Waals surface area contributed by atoms with Crippen molar-refractivity contribution in [1.29, 1.82) is 0 Å². The molecule has 0 radical (unpaired) electrons. The molecule has 0 aromatic carbocycles. The second kappa shape index (κ2) is 8.55. The third-order valence-electron chi connectivity index (χ3n) is 3.46. The van der Waals surface area contributed by atoms with Crippen molar-refractivity contribution in [3.63, 3.8) is 0 Å². The van der Waals surface area contributed by atoms with Gasteiger partial charge in [-0.15, -0.1) is 0 Å². The number of carbonyl (C=O) groups is 3. The first-order chi connectivity index (χ1) is 9.58. The lowest BCUT2D eigenvalue weighted by Gasteiger charge is -2.33. The summed E-state index contributed by atoms with van der Waals surface area (Å²) in [5.74, 6) is -1.38. The maximum Gasteiger partial charge on any atom is 0.325 e. The summed E-state index contributed by atoms with van der Waals surface area (Å²) in [5, 5.41) is 0. The van der Waals surface area contributed by atoms with Crippen molar-refractivity contribution in [3.05, 3.63) is 0 Å². The van der Waals surface area contributed by atoms with Crippen LogP contribution in [0.1, 0.15) is 45.4 Å². The van der Waals surface area contributed by atoms with E-state index in [2.05, 4.69) is 4.74 Å². The molecular formula is C14H23NO5. The molecule has 1 saturated carbocycles. The normalized spacial score (nSPS) is 15.5. The lowest BCUT2D eigenvalue weighted by molar-refractivity contribution is -0.154. The quantitative estimate of drug-likeness (QED) is 0.543. The molecule has 0 N–H and O–H groups in total. The third kappa shape index (κ3) is 5.19. The Morgan fingerprint density at radius 3 is 2.30 bits per heavy atom. The van der Waals surface area contributed by atoms with E-state index in [1.54, 1.807) is 6.92 Å².